The number of hydrogen-bond acceptors (Lipinski definition) is 7. The first-order chi connectivity index (χ1) is 28.4. The van der Waals surface area contributed by atoms with Gasteiger partial charge in [-0.2, -0.15) is 21.4 Å². The lowest BCUT2D eigenvalue weighted by Gasteiger charge is -2.27. The van der Waals surface area contributed by atoms with Gasteiger partial charge in [0.25, 0.3) is 20.2 Å². The molecule has 0 atom stereocenters. The standard InChI is InChI=1S/C46H54BN3O8S2/c1-45(2)37-17-7-9-19-39(37)49(30-11-5-6-21-43(51)48-47)41(45)28-22-33-15-14-16-34(44(33)58-35-24-26-36(27-25-35)60(55,56)57)23-29-42-46(3,4)38-18-8-10-20-40(38)50(42)31-12-13-32-59(52,53)54/h7-10,17-20,22-29H,5-6,11-16,21,30-32H2,1-4H3,(H2-,48,51,52,53,54,55,56,57)/p+1. The minimum atomic E-state index is -4.39. The quantitative estimate of drug-likeness (QED) is 0.0526. The molecule has 2 heterocycles. The summed E-state index contributed by atoms with van der Waals surface area (Å²) >= 11 is 0. The van der Waals surface area contributed by atoms with Crippen molar-refractivity contribution in [3.63, 3.8) is 0 Å². The van der Waals surface area contributed by atoms with Crippen LogP contribution in [-0.2, 0) is 35.9 Å². The van der Waals surface area contributed by atoms with E-state index in [0.29, 0.717) is 37.3 Å². The highest BCUT2D eigenvalue weighted by atomic mass is 32.2. The van der Waals surface area contributed by atoms with Gasteiger partial charge in [0.2, 0.25) is 19.6 Å². The highest BCUT2D eigenvalue weighted by molar-refractivity contribution is 7.86. The fraction of sp³-hybridized carbons (Fsp3) is 0.391. The van der Waals surface area contributed by atoms with Gasteiger partial charge in [0.1, 0.15) is 18.1 Å². The van der Waals surface area contributed by atoms with Crippen molar-refractivity contribution in [2.45, 2.75) is 101 Å². The van der Waals surface area contributed by atoms with Crippen LogP contribution in [-0.4, -0.2) is 69.0 Å². The van der Waals surface area contributed by atoms with Crippen molar-refractivity contribution in [1.29, 1.82) is 0 Å². The summed E-state index contributed by atoms with van der Waals surface area (Å²) in [5, 5.41) is 2.21. The lowest BCUT2D eigenvalue weighted by Crippen LogP contribution is -2.28. The van der Waals surface area contributed by atoms with Crippen molar-refractivity contribution < 1.29 is 40.0 Å². The molecular formula is C46H55BN3O8S2+. The van der Waals surface area contributed by atoms with Crippen molar-refractivity contribution in [3.8, 4) is 5.75 Å². The summed E-state index contributed by atoms with van der Waals surface area (Å²) in [6, 6.07) is 22.4. The summed E-state index contributed by atoms with van der Waals surface area (Å²) in [6.07, 6.45) is 14.7. The van der Waals surface area contributed by atoms with E-state index in [9.17, 15) is 30.7 Å². The van der Waals surface area contributed by atoms with E-state index >= 15 is 0 Å². The maximum atomic E-state index is 11.9. The SMILES string of the molecule is [B]NC(=O)CCCCC[N+]1=C(C=CC2=C(Oc3ccc(S(=O)(=O)O)cc3)C(=CC=C3N(CCCCS(=O)(=O)O)c4ccccc4C3(C)C)CCC2)C(C)(C)c2ccccc21. The van der Waals surface area contributed by atoms with E-state index < -0.39 is 20.2 Å². The molecular weight excluding hydrogens is 797 g/mol. The van der Waals surface area contributed by atoms with Crippen molar-refractivity contribution >= 4 is 51.2 Å². The zero-order valence-electron chi connectivity index (χ0n) is 34.9. The van der Waals surface area contributed by atoms with Crippen molar-refractivity contribution in [2.24, 2.45) is 0 Å². The molecule has 2 aliphatic heterocycles. The van der Waals surface area contributed by atoms with Gasteiger partial charge < -0.3 is 14.9 Å². The van der Waals surface area contributed by atoms with E-state index in [4.69, 9.17) is 12.7 Å². The van der Waals surface area contributed by atoms with Gasteiger partial charge in [0, 0.05) is 53.9 Å². The number of allylic oxidation sites excluding steroid dienone is 7. The normalized spacial score (nSPS) is 18.7. The van der Waals surface area contributed by atoms with Crippen molar-refractivity contribution in [3.05, 3.63) is 131 Å². The summed E-state index contributed by atoms with van der Waals surface area (Å²) in [7, 11) is -3.17. The second-order valence-electron chi connectivity index (χ2n) is 16.7. The predicted octanol–water partition coefficient (Wildman–Crippen LogP) is 8.42. The zero-order valence-corrected chi connectivity index (χ0v) is 36.5. The molecule has 0 saturated carbocycles. The molecule has 0 bridgehead atoms. The number of hydrogen-bond donors (Lipinski definition) is 3. The lowest BCUT2D eigenvalue weighted by molar-refractivity contribution is -0.438. The molecule has 14 heteroatoms. The topological polar surface area (TPSA) is 153 Å². The van der Waals surface area contributed by atoms with E-state index in [1.54, 1.807) is 0 Å². The predicted molar refractivity (Wildman–Crippen MR) is 237 cm³/mol. The van der Waals surface area contributed by atoms with Crippen LogP contribution in [0.3, 0.4) is 0 Å². The van der Waals surface area contributed by atoms with E-state index in [1.165, 1.54) is 29.8 Å². The first kappa shape index (κ1) is 44.8. The third-order valence-electron chi connectivity index (χ3n) is 11.8. The number of benzene rings is 3. The molecule has 3 aliphatic rings. The Balaban J connectivity index is 1.40. The van der Waals surface area contributed by atoms with Crippen LogP contribution in [0.4, 0.5) is 11.4 Å². The van der Waals surface area contributed by atoms with Gasteiger partial charge in [0.05, 0.1) is 16.1 Å². The van der Waals surface area contributed by atoms with Crippen LogP contribution >= 0.6 is 0 Å². The molecule has 0 spiro atoms. The Labute approximate surface area is 356 Å². The third kappa shape index (κ3) is 10.2. The summed E-state index contributed by atoms with van der Waals surface area (Å²) < 4.78 is 74.7. The fourth-order valence-corrected chi connectivity index (χ4v) is 9.68. The van der Waals surface area contributed by atoms with Gasteiger partial charge in [-0.1, -0.05) is 56.3 Å². The first-order valence-electron chi connectivity index (χ1n) is 20.6. The highest BCUT2D eigenvalue weighted by Crippen LogP contribution is 2.48. The maximum Gasteiger partial charge on any atom is 0.294 e. The van der Waals surface area contributed by atoms with Gasteiger partial charge in [-0.15, -0.1) is 0 Å². The average Bonchev–Trinajstić information content (AvgIpc) is 3.55. The molecule has 60 heavy (non-hydrogen) atoms. The molecule has 316 valence electrons. The smallest absolute Gasteiger partial charge is 0.294 e. The van der Waals surface area contributed by atoms with Crippen LogP contribution in [0.15, 0.2) is 125 Å². The first-order valence-corrected chi connectivity index (χ1v) is 23.6. The maximum absolute atomic E-state index is 11.9. The van der Waals surface area contributed by atoms with Crippen LogP contribution in [0.2, 0.25) is 0 Å². The zero-order chi connectivity index (χ0) is 43.3. The molecule has 0 aromatic heterocycles. The largest absolute Gasteiger partial charge is 0.457 e. The number of carbonyl (C=O) groups excluding carboxylic acids is 1. The fourth-order valence-electron chi connectivity index (χ4n) is 8.63. The number of anilines is 1. The number of para-hydroxylation sites is 2. The summed E-state index contributed by atoms with van der Waals surface area (Å²) in [6.45, 7) is 10.1. The number of unbranched alkanes of at least 4 members (excludes halogenated alkanes) is 3. The van der Waals surface area contributed by atoms with E-state index in [-0.39, 0.29) is 27.4 Å². The number of ether oxygens (including phenoxy) is 1. The molecule has 0 fully saturated rings. The van der Waals surface area contributed by atoms with Gasteiger partial charge in [-0.25, -0.2) is 0 Å². The minimum Gasteiger partial charge on any atom is -0.457 e. The van der Waals surface area contributed by atoms with Crippen LogP contribution in [0.25, 0.3) is 0 Å². The van der Waals surface area contributed by atoms with Crippen molar-refractivity contribution in [1.82, 2.24) is 5.23 Å². The Morgan fingerprint density at radius 3 is 2.23 bits per heavy atom. The number of nitrogens with one attached hydrogen (secondary N) is 1. The third-order valence-corrected chi connectivity index (χ3v) is 13.5. The monoisotopic (exact) mass is 852 g/mol. The van der Waals surface area contributed by atoms with Gasteiger partial charge in [0.15, 0.2) is 5.71 Å². The Morgan fingerprint density at radius 2 is 1.53 bits per heavy atom. The Bertz CT molecular complexity index is 2480. The molecule has 6 rings (SSSR count). The number of carbonyl (C=O) groups is 1. The molecule has 11 nitrogen and oxygen atoms in total. The molecule has 0 saturated heterocycles. The van der Waals surface area contributed by atoms with E-state index in [1.807, 2.05) is 12.1 Å². The molecule has 1 aliphatic carbocycles. The second-order valence-corrected chi connectivity index (χ2v) is 19.7. The summed E-state index contributed by atoms with van der Waals surface area (Å²) in [5.74, 6) is 0.626. The summed E-state index contributed by atoms with van der Waals surface area (Å²) in [4.78, 5) is 13.7. The van der Waals surface area contributed by atoms with Crippen LogP contribution in [0.5, 0.6) is 5.75 Å². The molecule has 0 unspecified atom stereocenters. The number of rotatable bonds is 17. The van der Waals surface area contributed by atoms with Gasteiger partial charge in [-0.05, 0) is 118 Å². The Morgan fingerprint density at radius 1 is 0.833 bits per heavy atom. The molecule has 3 aromatic rings. The number of nitrogens with zero attached hydrogens (tertiary/aromatic N) is 2. The molecule has 1 amide bonds. The second kappa shape index (κ2) is 18.5. The average molecular weight is 853 g/mol. The molecule has 2 radical (unpaired) electrons. The van der Waals surface area contributed by atoms with Gasteiger partial charge in [-0.3, -0.25) is 13.9 Å². The summed E-state index contributed by atoms with van der Waals surface area (Å²) in [5.41, 5.74) is 8.06. The minimum absolute atomic E-state index is 0.168. The van der Waals surface area contributed by atoms with Crippen LogP contribution in [0, 0.1) is 0 Å². The van der Waals surface area contributed by atoms with Gasteiger partial charge >= 0.3 is 0 Å². The lowest BCUT2D eigenvalue weighted by atomic mass is 9.81. The van der Waals surface area contributed by atoms with E-state index in [2.05, 4.69) is 103 Å². The Hall–Kier alpha value is -4.76. The van der Waals surface area contributed by atoms with Crippen LogP contribution < -0.4 is 14.9 Å². The van der Waals surface area contributed by atoms with Crippen molar-refractivity contribution in [2.75, 3.05) is 23.7 Å². The van der Waals surface area contributed by atoms with Crippen LogP contribution in [0.1, 0.15) is 96.6 Å². The molecule has 3 aromatic carbocycles. The Kier molecular flexibility index (Phi) is 13.8. The number of amides is 1. The highest BCUT2D eigenvalue weighted by Gasteiger charge is 2.44. The molecule has 3 N–H and O–H groups in total. The van der Waals surface area contributed by atoms with E-state index in [0.717, 1.165) is 84.6 Å². The number of fused-ring (bicyclic) bond motifs is 2.